The number of halogens is 1. The average molecular weight is 314 g/mol. The maximum Gasteiger partial charge on any atom is 0.243 e. The van der Waals surface area contributed by atoms with Gasteiger partial charge in [-0.05, 0) is 24.6 Å². The largest absolute Gasteiger partial charge is 0.309 e. The maximum atomic E-state index is 12.0. The molecule has 1 unspecified atom stereocenters. The molecule has 0 saturated heterocycles. The van der Waals surface area contributed by atoms with Gasteiger partial charge < -0.3 is 5.32 Å². The highest BCUT2D eigenvalue weighted by Crippen LogP contribution is 2.21. The van der Waals surface area contributed by atoms with Gasteiger partial charge in [0.05, 0.1) is 5.69 Å². The van der Waals surface area contributed by atoms with Crippen molar-refractivity contribution < 1.29 is 4.79 Å². The van der Waals surface area contributed by atoms with Crippen molar-refractivity contribution in [3.63, 3.8) is 0 Å². The minimum absolute atomic E-state index is 0.235. The standard InChI is InChI=1S/C17H16ClN3O/c1-12(18)17(22)20-16-14(11-13-7-3-2-4-8-13)19-15-9-5-6-10-21(15)16/h2-10,12H,11H2,1H3,(H,20,22). The van der Waals surface area contributed by atoms with Gasteiger partial charge in [-0.1, -0.05) is 36.4 Å². The number of aromatic nitrogens is 2. The third-order valence-corrected chi connectivity index (χ3v) is 3.62. The molecule has 0 bridgehead atoms. The number of nitrogens with one attached hydrogen (secondary N) is 1. The molecule has 0 aliphatic heterocycles. The van der Waals surface area contributed by atoms with E-state index in [1.165, 1.54) is 0 Å². The zero-order valence-electron chi connectivity index (χ0n) is 12.2. The lowest BCUT2D eigenvalue weighted by molar-refractivity contribution is -0.115. The second-order valence-corrected chi connectivity index (χ2v) is 5.76. The predicted octanol–water partition coefficient (Wildman–Crippen LogP) is 3.49. The van der Waals surface area contributed by atoms with Gasteiger partial charge in [0.15, 0.2) is 0 Å². The zero-order chi connectivity index (χ0) is 15.5. The number of anilines is 1. The third kappa shape index (κ3) is 2.97. The average Bonchev–Trinajstić information content (AvgIpc) is 2.86. The molecule has 0 radical (unpaired) electrons. The first-order valence-electron chi connectivity index (χ1n) is 7.10. The molecule has 0 saturated carbocycles. The van der Waals surface area contributed by atoms with Gasteiger partial charge in [-0.2, -0.15) is 0 Å². The summed E-state index contributed by atoms with van der Waals surface area (Å²) in [5, 5.41) is 2.28. The normalized spacial score (nSPS) is 12.3. The Hall–Kier alpha value is -2.33. The summed E-state index contributed by atoms with van der Waals surface area (Å²) in [6, 6.07) is 15.8. The van der Waals surface area contributed by atoms with Gasteiger partial charge in [0.2, 0.25) is 5.91 Å². The fourth-order valence-corrected chi connectivity index (χ4v) is 2.36. The molecule has 3 rings (SSSR count). The predicted molar refractivity (Wildman–Crippen MR) is 88.4 cm³/mol. The minimum Gasteiger partial charge on any atom is -0.309 e. The van der Waals surface area contributed by atoms with Crippen molar-refractivity contribution in [1.82, 2.24) is 9.38 Å². The summed E-state index contributed by atoms with van der Waals surface area (Å²) in [7, 11) is 0. The first-order valence-corrected chi connectivity index (χ1v) is 7.53. The van der Waals surface area contributed by atoms with Gasteiger partial charge >= 0.3 is 0 Å². The zero-order valence-corrected chi connectivity index (χ0v) is 12.9. The molecule has 0 aliphatic rings. The van der Waals surface area contributed by atoms with Crippen LogP contribution < -0.4 is 5.32 Å². The molecule has 0 spiro atoms. The smallest absolute Gasteiger partial charge is 0.243 e. The molecule has 5 heteroatoms. The van der Waals surface area contributed by atoms with Gasteiger partial charge in [0, 0.05) is 12.6 Å². The maximum absolute atomic E-state index is 12.0. The number of alkyl halides is 1. The lowest BCUT2D eigenvalue weighted by Gasteiger charge is -2.08. The molecule has 1 amide bonds. The molecular formula is C17H16ClN3O. The van der Waals surface area contributed by atoms with Crippen molar-refractivity contribution in [2.45, 2.75) is 18.7 Å². The fourth-order valence-electron chi connectivity index (χ4n) is 2.31. The van der Waals surface area contributed by atoms with E-state index in [0.717, 1.165) is 16.9 Å². The quantitative estimate of drug-likeness (QED) is 0.749. The van der Waals surface area contributed by atoms with Crippen LogP contribution in [0.2, 0.25) is 0 Å². The topological polar surface area (TPSA) is 46.4 Å². The number of pyridine rings is 1. The summed E-state index contributed by atoms with van der Waals surface area (Å²) >= 11 is 5.87. The summed E-state index contributed by atoms with van der Waals surface area (Å²) in [6.07, 6.45) is 2.53. The van der Waals surface area contributed by atoms with Gasteiger partial charge in [0.1, 0.15) is 16.8 Å². The van der Waals surface area contributed by atoms with Crippen LogP contribution >= 0.6 is 11.6 Å². The summed E-state index contributed by atoms with van der Waals surface area (Å²) in [4.78, 5) is 16.6. The van der Waals surface area contributed by atoms with Crippen LogP contribution in [0.1, 0.15) is 18.2 Å². The van der Waals surface area contributed by atoms with Crippen LogP contribution in [-0.4, -0.2) is 20.7 Å². The summed E-state index contributed by atoms with van der Waals surface area (Å²) in [5.41, 5.74) is 2.76. The van der Waals surface area contributed by atoms with Crippen LogP contribution in [0.4, 0.5) is 5.82 Å². The van der Waals surface area contributed by atoms with E-state index in [4.69, 9.17) is 11.6 Å². The van der Waals surface area contributed by atoms with Gasteiger partial charge in [0.25, 0.3) is 0 Å². The van der Waals surface area contributed by atoms with Crippen LogP contribution in [0.15, 0.2) is 54.7 Å². The van der Waals surface area contributed by atoms with Crippen molar-refractivity contribution in [2.24, 2.45) is 0 Å². The Morgan fingerprint density at radius 2 is 1.95 bits per heavy atom. The Morgan fingerprint density at radius 1 is 1.23 bits per heavy atom. The highest BCUT2D eigenvalue weighted by Gasteiger charge is 2.17. The third-order valence-electron chi connectivity index (χ3n) is 3.42. The second kappa shape index (κ2) is 6.20. The Balaban J connectivity index is 2.02. The van der Waals surface area contributed by atoms with E-state index in [2.05, 4.69) is 10.3 Å². The van der Waals surface area contributed by atoms with E-state index in [0.29, 0.717) is 12.2 Å². The van der Waals surface area contributed by atoms with Gasteiger partial charge in [-0.25, -0.2) is 4.98 Å². The van der Waals surface area contributed by atoms with E-state index < -0.39 is 5.38 Å². The minimum atomic E-state index is -0.598. The highest BCUT2D eigenvalue weighted by molar-refractivity contribution is 6.32. The molecule has 3 aromatic rings. The number of fused-ring (bicyclic) bond motifs is 1. The van der Waals surface area contributed by atoms with E-state index in [1.807, 2.05) is 59.1 Å². The fraction of sp³-hybridized carbons (Fsp3) is 0.176. The number of nitrogens with zero attached hydrogens (tertiary/aromatic N) is 2. The Kier molecular flexibility index (Phi) is 4.11. The van der Waals surface area contributed by atoms with E-state index in [9.17, 15) is 4.79 Å². The number of hydrogen-bond acceptors (Lipinski definition) is 2. The lowest BCUT2D eigenvalue weighted by Crippen LogP contribution is -2.22. The monoisotopic (exact) mass is 313 g/mol. The number of amides is 1. The molecule has 1 aromatic carbocycles. The number of carbonyl (C=O) groups is 1. The molecule has 1 atom stereocenters. The van der Waals surface area contributed by atoms with Crippen molar-refractivity contribution in [1.29, 1.82) is 0 Å². The molecule has 22 heavy (non-hydrogen) atoms. The molecule has 1 N–H and O–H groups in total. The molecular weight excluding hydrogens is 298 g/mol. The number of carbonyl (C=O) groups excluding carboxylic acids is 1. The lowest BCUT2D eigenvalue weighted by atomic mass is 10.1. The van der Waals surface area contributed by atoms with Crippen LogP contribution in [0.3, 0.4) is 0 Å². The van der Waals surface area contributed by atoms with E-state index >= 15 is 0 Å². The number of rotatable bonds is 4. The number of hydrogen-bond donors (Lipinski definition) is 1. The van der Waals surface area contributed by atoms with Crippen LogP contribution in [-0.2, 0) is 11.2 Å². The van der Waals surface area contributed by atoms with Crippen molar-refractivity contribution in [3.05, 3.63) is 66.0 Å². The Bertz CT molecular complexity index is 796. The molecule has 2 aromatic heterocycles. The van der Waals surface area contributed by atoms with Gasteiger partial charge in [-0.3, -0.25) is 9.20 Å². The summed E-state index contributed by atoms with van der Waals surface area (Å²) in [5.74, 6) is 0.443. The SMILES string of the molecule is CC(Cl)C(=O)Nc1c(Cc2ccccc2)nc2ccccn12. The first-order chi connectivity index (χ1) is 10.6. The van der Waals surface area contributed by atoms with Crippen molar-refractivity contribution in [2.75, 3.05) is 5.32 Å². The highest BCUT2D eigenvalue weighted by atomic mass is 35.5. The van der Waals surface area contributed by atoms with Crippen molar-refractivity contribution >= 4 is 29.0 Å². The Labute approximate surface area is 133 Å². The molecule has 0 aliphatic carbocycles. The summed E-state index contributed by atoms with van der Waals surface area (Å²) in [6.45, 7) is 1.65. The van der Waals surface area contributed by atoms with E-state index in [-0.39, 0.29) is 5.91 Å². The second-order valence-electron chi connectivity index (χ2n) is 5.10. The molecule has 2 heterocycles. The molecule has 4 nitrogen and oxygen atoms in total. The first kappa shape index (κ1) is 14.6. The Morgan fingerprint density at radius 3 is 2.68 bits per heavy atom. The summed E-state index contributed by atoms with van der Waals surface area (Å²) < 4.78 is 1.87. The van der Waals surface area contributed by atoms with E-state index in [1.54, 1.807) is 6.92 Å². The van der Waals surface area contributed by atoms with Crippen molar-refractivity contribution in [3.8, 4) is 0 Å². The van der Waals surface area contributed by atoms with Crippen LogP contribution in [0, 0.1) is 0 Å². The van der Waals surface area contributed by atoms with Crippen LogP contribution in [0.5, 0.6) is 0 Å². The van der Waals surface area contributed by atoms with Gasteiger partial charge in [-0.15, -0.1) is 11.6 Å². The molecule has 0 fully saturated rings. The number of imidazole rings is 1. The molecule has 112 valence electrons. The number of benzene rings is 1. The van der Waals surface area contributed by atoms with Crippen LogP contribution in [0.25, 0.3) is 5.65 Å².